The van der Waals surface area contributed by atoms with E-state index in [0.717, 1.165) is 31.2 Å². The molecule has 5 heteroatoms. The van der Waals surface area contributed by atoms with Crippen molar-refractivity contribution in [2.45, 2.75) is 51.7 Å². The van der Waals surface area contributed by atoms with E-state index in [0.29, 0.717) is 11.3 Å². The number of benzene rings is 1. The quantitative estimate of drug-likeness (QED) is 0.658. The summed E-state index contributed by atoms with van der Waals surface area (Å²) in [6.45, 7) is 3.40. The fourth-order valence-electron chi connectivity index (χ4n) is 2.52. The summed E-state index contributed by atoms with van der Waals surface area (Å²) in [5.74, 6) is -0.813. The van der Waals surface area contributed by atoms with Gasteiger partial charge in [0.1, 0.15) is 0 Å². The molecule has 0 heterocycles. The van der Waals surface area contributed by atoms with Gasteiger partial charge in [-0.1, -0.05) is 25.0 Å². The van der Waals surface area contributed by atoms with Crippen molar-refractivity contribution >= 4 is 17.6 Å². The lowest BCUT2D eigenvalue weighted by Gasteiger charge is -2.17. The third kappa shape index (κ3) is 3.74. The van der Waals surface area contributed by atoms with Gasteiger partial charge < -0.3 is 15.8 Å². The van der Waals surface area contributed by atoms with Crippen molar-refractivity contribution in [3.05, 3.63) is 29.3 Å². The number of ether oxygens (including phenoxy) is 1. The first-order chi connectivity index (χ1) is 9.99. The first-order valence-corrected chi connectivity index (χ1v) is 7.35. The molecule has 1 aliphatic carbocycles. The molecule has 1 aromatic rings. The van der Waals surface area contributed by atoms with Crippen LogP contribution in [0, 0.1) is 6.92 Å². The number of para-hydroxylation sites is 1. The van der Waals surface area contributed by atoms with Gasteiger partial charge in [0.05, 0.1) is 5.56 Å². The summed E-state index contributed by atoms with van der Waals surface area (Å²) in [4.78, 5) is 24.1. The molecule has 1 atom stereocenters. The van der Waals surface area contributed by atoms with E-state index in [1.165, 1.54) is 0 Å². The van der Waals surface area contributed by atoms with Gasteiger partial charge in [-0.3, -0.25) is 4.79 Å². The number of nitrogen functional groups attached to an aromatic ring is 1. The number of carbonyl (C=O) groups excluding carboxylic acids is 2. The van der Waals surface area contributed by atoms with Gasteiger partial charge in [0, 0.05) is 11.7 Å². The van der Waals surface area contributed by atoms with E-state index in [9.17, 15) is 9.59 Å². The SMILES string of the molecule is Cc1cccc(C(=O)O[C@H](C)C(=O)NC2CCCC2)c1N. The Labute approximate surface area is 124 Å². The third-order valence-corrected chi connectivity index (χ3v) is 3.90. The highest BCUT2D eigenvalue weighted by molar-refractivity contribution is 5.97. The molecule has 3 N–H and O–H groups in total. The molecule has 1 saturated carbocycles. The fourth-order valence-corrected chi connectivity index (χ4v) is 2.52. The molecule has 0 radical (unpaired) electrons. The van der Waals surface area contributed by atoms with Crippen molar-refractivity contribution in [1.82, 2.24) is 5.32 Å². The van der Waals surface area contributed by atoms with Crippen LogP contribution in [-0.4, -0.2) is 24.0 Å². The molecule has 1 amide bonds. The number of esters is 1. The molecular weight excluding hydrogens is 268 g/mol. The molecule has 0 saturated heterocycles. The molecule has 2 rings (SSSR count). The Balaban J connectivity index is 1.95. The predicted octanol–water partition coefficient (Wildman–Crippen LogP) is 2.18. The molecule has 1 aliphatic rings. The summed E-state index contributed by atoms with van der Waals surface area (Å²) >= 11 is 0. The summed E-state index contributed by atoms with van der Waals surface area (Å²) in [5.41, 5.74) is 7.37. The van der Waals surface area contributed by atoms with Gasteiger partial charge in [-0.15, -0.1) is 0 Å². The maximum Gasteiger partial charge on any atom is 0.341 e. The molecule has 1 aromatic carbocycles. The first kappa shape index (κ1) is 15.4. The zero-order valence-corrected chi connectivity index (χ0v) is 12.5. The van der Waals surface area contributed by atoms with E-state index in [-0.39, 0.29) is 11.9 Å². The second kappa shape index (κ2) is 6.61. The normalized spacial score (nSPS) is 16.5. The Hall–Kier alpha value is -2.04. The average molecular weight is 290 g/mol. The van der Waals surface area contributed by atoms with Crippen LogP contribution in [0.5, 0.6) is 0 Å². The van der Waals surface area contributed by atoms with Crippen LogP contribution in [0.3, 0.4) is 0 Å². The van der Waals surface area contributed by atoms with E-state index in [1.807, 2.05) is 13.0 Å². The Bertz CT molecular complexity index is 536. The summed E-state index contributed by atoms with van der Waals surface area (Å²) in [6, 6.07) is 5.38. The van der Waals surface area contributed by atoms with E-state index >= 15 is 0 Å². The van der Waals surface area contributed by atoms with E-state index in [2.05, 4.69) is 5.32 Å². The molecule has 5 nitrogen and oxygen atoms in total. The van der Waals surface area contributed by atoms with Crippen molar-refractivity contribution < 1.29 is 14.3 Å². The van der Waals surface area contributed by atoms with Crippen LogP contribution >= 0.6 is 0 Å². The van der Waals surface area contributed by atoms with Crippen LogP contribution in [0.25, 0.3) is 0 Å². The molecule has 0 bridgehead atoms. The summed E-state index contributed by atoms with van der Waals surface area (Å²) in [5, 5.41) is 2.91. The van der Waals surface area contributed by atoms with Crippen molar-refractivity contribution in [1.29, 1.82) is 0 Å². The first-order valence-electron chi connectivity index (χ1n) is 7.35. The van der Waals surface area contributed by atoms with Crippen molar-refractivity contribution in [3.63, 3.8) is 0 Å². The molecule has 1 fully saturated rings. The molecule has 0 aromatic heterocycles. The minimum atomic E-state index is -0.821. The number of aryl methyl sites for hydroxylation is 1. The maximum absolute atomic E-state index is 12.1. The highest BCUT2D eigenvalue weighted by atomic mass is 16.5. The standard InChI is InChI=1S/C16H22N2O3/c1-10-6-5-9-13(14(10)17)16(20)21-11(2)15(19)18-12-7-3-4-8-12/h5-6,9,11-12H,3-4,7-8,17H2,1-2H3,(H,18,19)/t11-/m1/s1. The highest BCUT2D eigenvalue weighted by Crippen LogP contribution is 2.19. The molecule has 0 unspecified atom stereocenters. The van der Waals surface area contributed by atoms with Crippen LogP contribution in [-0.2, 0) is 9.53 Å². The Kier molecular flexibility index (Phi) is 4.83. The number of hydrogen-bond donors (Lipinski definition) is 2. The summed E-state index contributed by atoms with van der Waals surface area (Å²) in [6.07, 6.45) is 3.45. The van der Waals surface area contributed by atoms with E-state index < -0.39 is 12.1 Å². The van der Waals surface area contributed by atoms with Gasteiger partial charge in [-0.2, -0.15) is 0 Å². The summed E-state index contributed by atoms with van der Waals surface area (Å²) in [7, 11) is 0. The molecule has 21 heavy (non-hydrogen) atoms. The van der Waals surface area contributed by atoms with Crippen molar-refractivity contribution in [3.8, 4) is 0 Å². The number of nitrogens with one attached hydrogen (secondary N) is 1. The second-order valence-electron chi connectivity index (χ2n) is 5.57. The maximum atomic E-state index is 12.1. The zero-order valence-electron chi connectivity index (χ0n) is 12.5. The minimum absolute atomic E-state index is 0.211. The molecule has 0 spiro atoms. The molecular formula is C16H22N2O3. The lowest BCUT2D eigenvalue weighted by molar-refractivity contribution is -0.129. The number of nitrogens with two attached hydrogens (primary N) is 1. The Morgan fingerprint density at radius 2 is 2.00 bits per heavy atom. The van der Waals surface area contributed by atoms with Gasteiger partial charge in [-0.25, -0.2) is 4.79 Å². The Morgan fingerprint density at radius 3 is 2.67 bits per heavy atom. The lowest BCUT2D eigenvalue weighted by atomic mass is 10.1. The fraction of sp³-hybridized carbons (Fsp3) is 0.500. The van der Waals surface area contributed by atoms with Gasteiger partial charge in [-0.05, 0) is 38.3 Å². The smallest absolute Gasteiger partial charge is 0.341 e. The van der Waals surface area contributed by atoms with Crippen LogP contribution in [0.1, 0.15) is 48.5 Å². The van der Waals surface area contributed by atoms with Crippen LogP contribution in [0.4, 0.5) is 5.69 Å². The van der Waals surface area contributed by atoms with Crippen LogP contribution < -0.4 is 11.1 Å². The number of anilines is 1. The van der Waals surface area contributed by atoms with Gasteiger partial charge >= 0.3 is 5.97 Å². The predicted molar refractivity (Wildman–Crippen MR) is 80.9 cm³/mol. The lowest BCUT2D eigenvalue weighted by Crippen LogP contribution is -2.40. The van der Waals surface area contributed by atoms with Gasteiger partial charge in [0.15, 0.2) is 6.10 Å². The van der Waals surface area contributed by atoms with Crippen molar-refractivity contribution in [2.75, 3.05) is 5.73 Å². The Morgan fingerprint density at radius 1 is 1.33 bits per heavy atom. The number of rotatable bonds is 4. The van der Waals surface area contributed by atoms with E-state index in [1.54, 1.807) is 19.1 Å². The van der Waals surface area contributed by atoms with Gasteiger partial charge in [0.25, 0.3) is 5.91 Å². The molecule has 0 aliphatic heterocycles. The largest absolute Gasteiger partial charge is 0.449 e. The number of carbonyl (C=O) groups is 2. The minimum Gasteiger partial charge on any atom is -0.449 e. The number of amides is 1. The topological polar surface area (TPSA) is 81.4 Å². The molecule has 114 valence electrons. The summed E-state index contributed by atoms with van der Waals surface area (Å²) < 4.78 is 5.21. The highest BCUT2D eigenvalue weighted by Gasteiger charge is 2.24. The third-order valence-electron chi connectivity index (χ3n) is 3.90. The van der Waals surface area contributed by atoms with Crippen LogP contribution in [0.15, 0.2) is 18.2 Å². The zero-order chi connectivity index (χ0) is 15.4. The van der Waals surface area contributed by atoms with Crippen molar-refractivity contribution in [2.24, 2.45) is 0 Å². The van der Waals surface area contributed by atoms with Crippen LogP contribution in [0.2, 0.25) is 0 Å². The average Bonchev–Trinajstić information content (AvgIpc) is 2.94. The number of hydrogen-bond acceptors (Lipinski definition) is 4. The van der Waals surface area contributed by atoms with Gasteiger partial charge in [0.2, 0.25) is 0 Å². The van der Waals surface area contributed by atoms with E-state index in [4.69, 9.17) is 10.5 Å². The monoisotopic (exact) mass is 290 g/mol. The second-order valence-corrected chi connectivity index (χ2v) is 5.57.